The summed E-state index contributed by atoms with van der Waals surface area (Å²) in [4.78, 5) is 0. The van der Waals surface area contributed by atoms with Gasteiger partial charge >= 0.3 is 0 Å². The first-order chi connectivity index (χ1) is 9.15. The zero-order chi connectivity index (χ0) is 13.8. The number of nitrogens with one attached hydrogen (secondary N) is 1. The Morgan fingerprint density at radius 3 is 2.74 bits per heavy atom. The molecule has 102 valence electrons. The summed E-state index contributed by atoms with van der Waals surface area (Å²) >= 11 is 0. The predicted octanol–water partition coefficient (Wildman–Crippen LogP) is 2.36. The first kappa shape index (κ1) is 13.3. The molecule has 0 aliphatic carbocycles. The van der Waals surface area contributed by atoms with Gasteiger partial charge in [0.15, 0.2) is 0 Å². The summed E-state index contributed by atoms with van der Waals surface area (Å²) in [7, 11) is 5.19. The molecule has 5 nitrogen and oxygen atoms in total. The number of hydrogen-bond acceptors (Lipinski definition) is 4. The Labute approximate surface area is 113 Å². The maximum Gasteiger partial charge on any atom is 0.216 e. The summed E-state index contributed by atoms with van der Waals surface area (Å²) in [6.45, 7) is 2.64. The monoisotopic (exact) mass is 261 g/mol. The summed E-state index contributed by atoms with van der Waals surface area (Å²) < 4.78 is 12.3. The molecule has 19 heavy (non-hydrogen) atoms. The number of ether oxygens (including phenoxy) is 2. The largest absolute Gasteiger partial charge is 0.497 e. The van der Waals surface area contributed by atoms with Crippen molar-refractivity contribution in [3.05, 3.63) is 35.5 Å². The smallest absolute Gasteiger partial charge is 0.216 e. The molecule has 1 heterocycles. The molecule has 0 radical (unpaired) electrons. The van der Waals surface area contributed by atoms with Crippen LogP contribution in [0.15, 0.2) is 24.3 Å². The van der Waals surface area contributed by atoms with Crippen molar-refractivity contribution in [2.75, 3.05) is 19.5 Å². The molecule has 5 heteroatoms. The Hall–Kier alpha value is -2.17. The molecule has 0 aliphatic rings. The Morgan fingerprint density at radius 1 is 1.26 bits per heavy atom. The molecule has 0 spiro atoms. The van der Waals surface area contributed by atoms with Crippen LogP contribution in [0.1, 0.15) is 11.3 Å². The molecular formula is C14H19N3O2. The van der Waals surface area contributed by atoms with Crippen molar-refractivity contribution in [3.8, 4) is 11.6 Å². The van der Waals surface area contributed by atoms with Crippen molar-refractivity contribution in [2.24, 2.45) is 7.05 Å². The van der Waals surface area contributed by atoms with Gasteiger partial charge in [0.1, 0.15) is 5.75 Å². The highest BCUT2D eigenvalue weighted by atomic mass is 16.5. The van der Waals surface area contributed by atoms with Crippen LogP contribution in [-0.2, 0) is 13.6 Å². The lowest BCUT2D eigenvalue weighted by atomic mass is 10.2. The third kappa shape index (κ3) is 2.81. The van der Waals surface area contributed by atoms with E-state index in [1.165, 1.54) is 0 Å². The van der Waals surface area contributed by atoms with Gasteiger partial charge in [-0.05, 0) is 19.1 Å². The van der Waals surface area contributed by atoms with E-state index in [-0.39, 0.29) is 0 Å². The summed E-state index contributed by atoms with van der Waals surface area (Å²) in [5, 5.41) is 7.71. The predicted molar refractivity (Wildman–Crippen MR) is 74.8 cm³/mol. The van der Waals surface area contributed by atoms with Crippen molar-refractivity contribution in [1.82, 2.24) is 9.78 Å². The van der Waals surface area contributed by atoms with Crippen LogP contribution in [0.25, 0.3) is 0 Å². The lowest BCUT2D eigenvalue weighted by molar-refractivity contribution is 0.370. The molecule has 2 rings (SSSR count). The van der Waals surface area contributed by atoms with Crippen LogP contribution in [0.4, 0.5) is 5.69 Å². The highest BCUT2D eigenvalue weighted by Gasteiger charge is 2.13. The highest BCUT2D eigenvalue weighted by molar-refractivity contribution is 5.49. The fourth-order valence-electron chi connectivity index (χ4n) is 2.06. The maximum absolute atomic E-state index is 5.37. The van der Waals surface area contributed by atoms with Gasteiger partial charge in [0, 0.05) is 25.3 Å². The first-order valence-electron chi connectivity index (χ1n) is 6.10. The SMILES string of the molecule is COc1cccc(NCc2c(C)nn(C)c2OC)c1. The highest BCUT2D eigenvalue weighted by Crippen LogP contribution is 2.23. The van der Waals surface area contributed by atoms with Gasteiger partial charge in [-0.3, -0.25) is 0 Å². The summed E-state index contributed by atoms with van der Waals surface area (Å²) in [6, 6.07) is 7.83. The minimum Gasteiger partial charge on any atom is -0.497 e. The standard InChI is InChI=1S/C14H19N3O2/c1-10-13(14(19-4)17(2)16-10)9-15-11-6-5-7-12(8-11)18-3/h5-8,15H,9H2,1-4H3. The molecule has 0 saturated carbocycles. The molecule has 1 aromatic carbocycles. The second-order valence-corrected chi connectivity index (χ2v) is 4.28. The third-order valence-electron chi connectivity index (χ3n) is 3.02. The number of anilines is 1. The Morgan fingerprint density at radius 2 is 2.05 bits per heavy atom. The zero-order valence-corrected chi connectivity index (χ0v) is 11.7. The summed E-state index contributed by atoms with van der Waals surface area (Å²) in [5.74, 6) is 1.62. The fraction of sp³-hybridized carbons (Fsp3) is 0.357. The number of benzene rings is 1. The van der Waals surface area contributed by atoms with Crippen LogP contribution in [0, 0.1) is 6.92 Å². The number of rotatable bonds is 5. The molecule has 0 bridgehead atoms. The van der Waals surface area contributed by atoms with Gasteiger partial charge < -0.3 is 14.8 Å². The molecule has 0 aliphatic heterocycles. The van der Waals surface area contributed by atoms with E-state index in [2.05, 4.69) is 10.4 Å². The van der Waals surface area contributed by atoms with E-state index >= 15 is 0 Å². The third-order valence-corrected chi connectivity index (χ3v) is 3.02. The second kappa shape index (κ2) is 5.65. The van der Waals surface area contributed by atoms with E-state index in [4.69, 9.17) is 9.47 Å². The van der Waals surface area contributed by atoms with Gasteiger partial charge in [0.2, 0.25) is 5.88 Å². The van der Waals surface area contributed by atoms with Gasteiger partial charge in [-0.15, -0.1) is 0 Å². The van der Waals surface area contributed by atoms with Crippen molar-refractivity contribution in [2.45, 2.75) is 13.5 Å². The van der Waals surface area contributed by atoms with Gasteiger partial charge in [0.05, 0.1) is 25.5 Å². The molecule has 0 saturated heterocycles. The average molecular weight is 261 g/mol. The Kier molecular flexibility index (Phi) is 3.94. The molecule has 0 atom stereocenters. The van der Waals surface area contributed by atoms with Gasteiger partial charge in [-0.25, -0.2) is 4.68 Å². The Balaban J connectivity index is 2.14. The van der Waals surface area contributed by atoms with Crippen molar-refractivity contribution < 1.29 is 9.47 Å². The lowest BCUT2D eigenvalue weighted by Crippen LogP contribution is -2.03. The van der Waals surface area contributed by atoms with Gasteiger partial charge in [-0.2, -0.15) is 5.10 Å². The number of aromatic nitrogens is 2. The van der Waals surface area contributed by atoms with Crippen LogP contribution >= 0.6 is 0 Å². The summed E-state index contributed by atoms with van der Waals surface area (Å²) in [5.41, 5.74) is 3.03. The van der Waals surface area contributed by atoms with E-state index < -0.39 is 0 Å². The lowest BCUT2D eigenvalue weighted by Gasteiger charge is -2.09. The summed E-state index contributed by atoms with van der Waals surface area (Å²) in [6.07, 6.45) is 0. The molecule has 1 N–H and O–H groups in total. The van der Waals surface area contributed by atoms with E-state index in [0.717, 1.165) is 28.6 Å². The second-order valence-electron chi connectivity index (χ2n) is 4.28. The normalized spacial score (nSPS) is 10.3. The van der Waals surface area contributed by atoms with Crippen LogP contribution in [0.5, 0.6) is 11.6 Å². The van der Waals surface area contributed by atoms with Crippen LogP contribution < -0.4 is 14.8 Å². The minimum absolute atomic E-state index is 0.663. The molecule has 0 unspecified atom stereocenters. The van der Waals surface area contributed by atoms with E-state index in [9.17, 15) is 0 Å². The van der Waals surface area contributed by atoms with Crippen LogP contribution in [0.2, 0.25) is 0 Å². The zero-order valence-electron chi connectivity index (χ0n) is 11.7. The quantitative estimate of drug-likeness (QED) is 0.897. The molecule has 1 aromatic heterocycles. The van der Waals surface area contributed by atoms with Gasteiger partial charge in [-0.1, -0.05) is 6.07 Å². The van der Waals surface area contributed by atoms with Crippen LogP contribution in [0.3, 0.4) is 0 Å². The maximum atomic E-state index is 5.37. The number of aryl methyl sites for hydroxylation is 2. The minimum atomic E-state index is 0.663. The number of methoxy groups -OCH3 is 2. The number of nitrogens with zero attached hydrogens (tertiary/aromatic N) is 2. The average Bonchev–Trinajstić information content (AvgIpc) is 2.70. The van der Waals surface area contributed by atoms with Crippen molar-refractivity contribution in [3.63, 3.8) is 0 Å². The fourth-order valence-corrected chi connectivity index (χ4v) is 2.06. The Bertz CT molecular complexity index is 564. The van der Waals surface area contributed by atoms with E-state index in [0.29, 0.717) is 6.54 Å². The van der Waals surface area contributed by atoms with E-state index in [1.54, 1.807) is 18.9 Å². The van der Waals surface area contributed by atoms with Crippen molar-refractivity contribution >= 4 is 5.69 Å². The van der Waals surface area contributed by atoms with E-state index in [1.807, 2.05) is 38.2 Å². The molecule has 0 fully saturated rings. The molecule has 2 aromatic rings. The van der Waals surface area contributed by atoms with Crippen LogP contribution in [-0.4, -0.2) is 24.0 Å². The van der Waals surface area contributed by atoms with Gasteiger partial charge in [0.25, 0.3) is 0 Å². The first-order valence-corrected chi connectivity index (χ1v) is 6.10. The topological polar surface area (TPSA) is 48.3 Å². The molecular weight excluding hydrogens is 242 g/mol. The number of hydrogen-bond donors (Lipinski definition) is 1. The molecule has 0 amide bonds. The van der Waals surface area contributed by atoms with Crippen molar-refractivity contribution in [1.29, 1.82) is 0 Å².